The minimum absolute atomic E-state index is 0.0836. The third kappa shape index (κ3) is 3.91. The number of amides is 2. The van der Waals surface area contributed by atoms with Crippen LogP contribution < -0.4 is 0 Å². The number of alkyl halides is 1. The van der Waals surface area contributed by atoms with Crippen LogP contribution in [-0.2, 0) is 20.7 Å². The number of hydrogen-bond donors (Lipinski definition) is 0. The standard InChI is InChI=1S/C18H22INO4/c19-11-16(14-6-8-23-9-7-14)17(21)20-15(12-24-18(20)22)10-13-4-2-1-3-5-13/h1-5,14-16H,6-12H2/t15-,16-/m1/s1. The molecule has 130 valence electrons. The molecule has 0 bridgehead atoms. The Labute approximate surface area is 155 Å². The summed E-state index contributed by atoms with van der Waals surface area (Å²) in [6.45, 7) is 1.67. The molecular weight excluding hydrogens is 421 g/mol. The van der Waals surface area contributed by atoms with Crippen molar-refractivity contribution in [1.82, 2.24) is 4.90 Å². The average molecular weight is 443 g/mol. The largest absolute Gasteiger partial charge is 0.447 e. The van der Waals surface area contributed by atoms with Gasteiger partial charge in [-0.2, -0.15) is 0 Å². The van der Waals surface area contributed by atoms with E-state index in [0.29, 0.717) is 24.1 Å². The molecule has 2 fully saturated rings. The van der Waals surface area contributed by atoms with E-state index >= 15 is 0 Å². The molecule has 0 spiro atoms. The fourth-order valence-electron chi connectivity index (χ4n) is 3.46. The average Bonchev–Trinajstić information content (AvgIpc) is 2.97. The summed E-state index contributed by atoms with van der Waals surface area (Å²) in [7, 11) is 0. The summed E-state index contributed by atoms with van der Waals surface area (Å²) < 4.78 is 11.3. The smallest absolute Gasteiger partial charge is 0.416 e. The number of ether oxygens (including phenoxy) is 2. The van der Waals surface area contributed by atoms with Gasteiger partial charge in [-0.1, -0.05) is 52.9 Å². The van der Waals surface area contributed by atoms with Crippen molar-refractivity contribution in [2.24, 2.45) is 11.8 Å². The van der Waals surface area contributed by atoms with Gasteiger partial charge in [0.25, 0.3) is 0 Å². The van der Waals surface area contributed by atoms with Crippen LogP contribution in [0.25, 0.3) is 0 Å². The number of rotatable bonds is 5. The van der Waals surface area contributed by atoms with E-state index < -0.39 is 6.09 Å². The normalized spacial score (nSPS) is 23.1. The Morgan fingerprint density at radius 3 is 2.62 bits per heavy atom. The van der Waals surface area contributed by atoms with Crippen molar-refractivity contribution in [3.8, 4) is 0 Å². The van der Waals surface area contributed by atoms with Crippen LogP contribution in [0, 0.1) is 11.8 Å². The van der Waals surface area contributed by atoms with E-state index in [1.165, 1.54) is 4.90 Å². The first-order chi connectivity index (χ1) is 11.7. The molecule has 2 aliphatic heterocycles. The van der Waals surface area contributed by atoms with E-state index in [0.717, 1.165) is 18.4 Å². The van der Waals surface area contributed by atoms with E-state index in [9.17, 15) is 9.59 Å². The zero-order valence-corrected chi connectivity index (χ0v) is 15.7. The van der Waals surface area contributed by atoms with Gasteiger partial charge < -0.3 is 9.47 Å². The Morgan fingerprint density at radius 1 is 1.25 bits per heavy atom. The third-order valence-electron chi connectivity index (χ3n) is 4.83. The van der Waals surface area contributed by atoms with Gasteiger partial charge in [0, 0.05) is 17.6 Å². The minimum Gasteiger partial charge on any atom is -0.447 e. The molecule has 0 radical (unpaired) electrons. The van der Waals surface area contributed by atoms with E-state index in [2.05, 4.69) is 22.6 Å². The van der Waals surface area contributed by atoms with Gasteiger partial charge in [0.2, 0.25) is 5.91 Å². The topological polar surface area (TPSA) is 55.8 Å². The maximum absolute atomic E-state index is 13.1. The molecule has 3 rings (SSSR count). The maximum atomic E-state index is 13.1. The summed E-state index contributed by atoms with van der Waals surface area (Å²) >= 11 is 2.25. The molecule has 2 saturated heterocycles. The first kappa shape index (κ1) is 17.7. The number of halogens is 1. The predicted molar refractivity (Wildman–Crippen MR) is 98.0 cm³/mol. The minimum atomic E-state index is -0.497. The third-order valence-corrected chi connectivity index (χ3v) is 5.78. The van der Waals surface area contributed by atoms with Crippen molar-refractivity contribution in [2.45, 2.75) is 25.3 Å². The number of imide groups is 1. The van der Waals surface area contributed by atoms with Crippen molar-refractivity contribution >= 4 is 34.6 Å². The number of cyclic esters (lactones) is 1. The Balaban J connectivity index is 1.73. The molecule has 2 atom stereocenters. The number of hydrogen-bond acceptors (Lipinski definition) is 4. The fraction of sp³-hybridized carbons (Fsp3) is 0.556. The summed E-state index contributed by atoms with van der Waals surface area (Å²) in [6.07, 6.45) is 1.90. The quantitative estimate of drug-likeness (QED) is 0.519. The number of nitrogens with zero attached hydrogens (tertiary/aromatic N) is 1. The fourth-order valence-corrected chi connectivity index (χ4v) is 4.55. The highest BCUT2D eigenvalue weighted by Crippen LogP contribution is 2.30. The Bertz CT molecular complexity index is 574. The summed E-state index contributed by atoms with van der Waals surface area (Å²) in [4.78, 5) is 26.6. The first-order valence-electron chi connectivity index (χ1n) is 8.38. The number of carbonyl (C=O) groups is 2. The lowest BCUT2D eigenvalue weighted by Crippen LogP contribution is -2.46. The summed E-state index contributed by atoms with van der Waals surface area (Å²) in [5.41, 5.74) is 1.11. The Kier molecular flexibility index (Phi) is 6.10. The molecule has 2 aliphatic rings. The van der Waals surface area contributed by atoms with E-state index in [4.69, 9.17) is 9.47 Å². The van der Waals surface area contributed by atoms with E-state index in [1.807, 2.05) is 30.3 Å². The number of benzene rings is 1. The monoisotopic (exact) mass is 443 g/mol. The van der Waals surface area contributed by atoms with Gasteiger partial charge in [-0.15, -0.1) is 0 Å². The van der Waals surface area contributed by atoms with Gasteiger partial charge in [-0.05, 0) is 30.7 Å². The summed E-state index contributed by atoms with van der Waals surface area (Å²) in [5, 5.41) is 0. The molecule has 1 aromatic rings. The zero-order valence-electron chi connectivity index (χ0n) is 13.5. The van der Waals surface area contributed by atoms with Crippen LogP contribution in [0.4, 0.5) is 4.79 Å². The number of carbonyl (C=O) groups excluding carboxylic acids is 2. The van der Waals surface area contributed by atoms with Crippen LogP contribution >= 0.6 is 22.6 Å². The van der Waals surface area contributed by atoms with Crippen LogP contribution in [-0.4, -0.2) is 47.2 Å². The first-order valence-corrected chi connectivity index (χ1v) is 9.90. The lowest BCUT2D eigenvalue weighted by Gasteiger charge is -2.31. The predicted octanol–water partition coefficient (Wildman–Crippen LogP) is 3.05. The second-order valence-electron chi connectivity index (χ2n) is 6.34. The highest BCUT2D eigenvalue weighted by molar-refractivity contribution is 14.1. The van der Waals surface area contributed by atoms with Crippen LogP contribution in [0.1, 0.15) is 18.4 Å². The summed E-state index contributed by atoms with van der Waals surface area (Å²) in [5.74, 6) is 0.0621. The maximum Gasteiger partial charge on any atom is 0.416 e. The van der Waals surface area contributed by atoms with Crippen molar-refractivity contribution in [3.63, 3.8) is 0 Å². The van der Waals surface area contributed by atoms with Crippen LogP contribution in [0.15, 0.2) is 30.3 Å². The van der Waals surface area contributed by atoms with Crippen molar-refractivity contribution in [2.75, 3.05) is 24.2 Å². The summed E-state index contributed by atoms with van der Waals surface area (Å²) in [6, 6.07) is 9.71. The Hall–Kier alpha value is -1.15. The Morgan fingerprint density at radius 2 is 1.96 bits per heavy atom. The molecule has 5 nitrogen and oxygen atoms in total. The van der Waals surface area contributed by atoms with Gasteiger partial charge in [0.05, 0.1) is 12.0 Å². The van der Waals surface area contributed by atoms with Gasteiger partial charge >= 0.3 is 6.09 Å². The SMILES string of the molecule is O=C1OC[C@@H](Cc2ccccc2)N1C(=O)[C@H](CI)C1CCOCC1. The zero-order chi connectivity index (χ0) is 16.9. The molecule has 0 aliphatic carbocycles. The van der Waals surface area contributed by atoms with Crippen molar-refractivity contribution in [1.29, 1.82) is 0 Å². The van der Waals surface area contributed by atoms with Gasteiger partial charge in [-0.3, -0.25) is 4.79 Å². The van der Waals surface area contributed by atoms with Crippen molar-refractivity contribution < 1.29 is 19.1 Å². The lowest BCUT2D eigenvalue weighted by molar-refractivity contribution is -0.135. The molecule has 2 amide bonds. The molecule has 24 heavy (non-hydrogen) atoms. The van der Waals surface area contributed by atoms with Crippen LogP contribution in [0.2, 0.25) is 0 Å². The highest BCUT2D eigenvalue weighted by Gasteiger charge is 2.42. The van der Waals surface area contributed by atoms with Crippen molar-refractivity contribution in [3.05, 3.63) is 35.9 Å². The molecule has 6 heteroatoms. The molecular formula is C18H22INO4. The van der Waals surface area contributed by atoms with Gasteiger partial charge in [0.1, 0.15) is 6.61 Å². The molecule has 0 N–H and O–H groups in total. The molecule has 2 heterocycles. The van der Waals surface area contributed by atoms with Crippen LogP contribution in [0.5, 0.6) is 0 Å². The van der Waals surface area contributed by atoms with E-state index in [1.54, 1.807) is 0 Å². The molecule has 0 aromatic heterocycles. The van der Waals surface area contributed by atoms with Gasteiger partial charge in [-0.25, -0.2) is 9.69 Å². The molecule has 0 saturated carbocycles. The lowest BCUT2D eigenvalue weighted by atomic mass is 9.86. The second kappa shape index (κ2) is 8.29. The molecule has 0 unspecified atom stereocenters. The van der Waals surface area contributed by atoms with E-state index in [-0.39, 0.29) is 30.4 Å². The van der Waals surface area contributed by atoms with Crippen LogP contribution in [0.3, 0.4) is 0 Å². The van der Waals surface area contributed by atoms with Gasteiger partial charge in [0.15, 0.2) is 0 Å². The molecule has 1 aromatic carbocycles. The second-order valence-corrected chi connectivity index (χ2v) is 7.22. The highest BCUT2D eigenvalue weighted by atomic mass is 127.